The molecule has 1 aromatic heterocycles. The lowest BCUT2D eigenvalue weighted by Crippen LogP contribution is -2.63. The van der Waals surface area contributed by atoms with Crippen molar-refractivity contribution in [1.29, 1.82) is 0 Å². The van der Waals surface area contributed by atoms with Gasteiger partial charge in [-0.1, -0.05) is 0 Å². The molecule has 6 nitrogen and oxygen atoms in total. The van der Waals surface area contributed by atoms with Crippen LogP contribution >= 0.6 is 11.3 Å². The van der Waals surface area contributed by atoms with E-state index in [-0.39, 0.29) is 12.6 Å². The Morgan fingerprint density at radius 3 is 3.00 bits per heavy atom. The van der Waals surface area contributed by atoms with Crippen molar-refractivity contribution in [2.24, 2.45) is 5.41 Å². The summed E-state index contributed by atoms with van der Waals surface area (Å²) in [4.78, 5) is 20.6. The Balaban J connectivity index is 1.83. The summed E-state index contributed by atoms with van der Waals surface area (Å²) in [7, 11) is 2.02. The highest BCUT2D eigenvalue weighted by molar-refractivity contribution is 7.13. The third-order valence-electron chi connectivity index (χ3n) is 4.92. The molecule has 0 amide bonds. The van der Waals surface area contributed by atoms with Crippen molar-refractivity contribution in [3.05, 3.63) is 11.1 Å². The molecule has 1 aromatic rings. The van der Waals surface area contributed by atoms with Crippen LogP contribution in [0.1, 0.15) is 25.0 Å². The maximum Gasteiger partial charge on any atom is 0.311 e. The van der Waals surface area contributed by atoms with Crippen LogP contribution in [0.4, 0.5) is 5.13 Å². The fourth-order valence-electron chi connectivity index (χ4n) is 3.67. The number of carboxylic acids is 1. The number of aliphatic hydroxyl groups is 1. The molecule has 7 heteroatoms. The van der Waals surface area contributed by atoms with E-state index < -0.39 is 11.4 Å². The number of anilines is 1. The summed E-state index contributed by atoms with van der Waals surface area (Å²) in [6, 6.07) is 0.0268. The zero-order chi connectivity index (χ0) is 15.0. The third kappa shape index (κ3) is 2.43. The number of nitrogens with zero attached hydrogens (tertiary/aromatic N) is 3. The molecule has 2 N–H and O–H groups in total. The van der Waals surface area contributed by atoms with E-state index in [4.69, 9.17) is 5.11 Å². The molecule has 2 saturated heterocycles. The monoisotopic (exact) mass is 311 g/mol. The maximum absolute atomic E-state index is 11.9. The number of piperidine rings is 2. The molecule has 3 heterocycles. The largest absolute Gasteiger partial charge is 0.481 e. The van der Waals surface area contributed by atoms with Crippen molar-refractivity contribution in [2.45, 2.75) is 31.9 Å². The Labute approximate surface area is 128 Å². The minimum Gasteiger partial charge on any atom is -0.481 e. The second-order valence-electron chi connectivity index (χ2n) is 6.04. The number of aliphatic hydroxyl groups excluding tert-OH is 1. The fraction of sp³-hybridized carbons (Fsp3) is 0.714. The summed E-state index contributed by atoms with van der Waals surface area (Å²) in [6.07, 6.45) is 2.38. The van der Waals surface area contributed by atoms with Crippen LogP contribution in [0.25, 0.3) is 0 Å². The van der Waals surface area contributed by atoms with E-state index in [0.29, 0.717) is 18.7 Å². The van der Waals surface area contributed by atoms with E-state index in [1.807, 2.05) is 12.4 Å². The molecule has 2 fully saturated rings. The molecular weight excluding hydrogens is 290 g/mol. The Morgan fingerprint density at radius 2 is 2.33 bits per heavy atom. The van der Waals surface area contributed by atoms with Gasteiger partial charge >= 0.3 is 5.97 Å². The number of rotatable bonds is 3. The zero-order valence-electron chi connectivity index (χ0n) is 12.2. The van der Waals surface area contributed by atoms with Gasteiger partial charge in [0, 0.05) is 24.5 Å². The van der Waals surface area contributed by atoms with Gasteiger partial charge in [0.15, 0.2) is 5.13 Å². The fourth-order valence-corrected chi connectivity index (χ4v) is 4.53. The minimum atomic E-state index is -0.658. The molecule has 0 bridgehead atoms. The highest BCUT2D eigenvalue weighted by Gasteiger charge is 2.52. The lowest BCUT2D eigenvalue weighted by Gasteiger charge is -2.51. The van der Waals surface area contributed by atoms with Gasteiger partial charge in [-0.05, 0) is 32.9 Å². The number of carbonyl (C=O) groups is 1. The normalized spacial score (nSPS) is 30.2. The molecular formula is C14H21N3O3S. The topological polar surface area (TPSA) is 76.9 Å². The Hall–Kier alpha value is -1.18. The first-order valence-electron chi connectivity index (χ1n) is 7.30. The van der Waals surface area contributed by atoms with E-state index in [1.54, 1.807) is 0 Å². The Bertz CT molecular complexity index is 535. The molecule has 3 rings (SSSR count). The van der Waals surface area contributed by atoms with Crippen LogP contribution in [0.15, 0.2) is 5.38 Å². The summed E-state index contributed by atoms with van der Waals surface area (Å²) in [5.41, 5.74) is 0.0719. The predicted octanol–water partition coefficient (Wildman–Crippen LogP) is 1.01. The number of fused-ring (bicyclic) bond motifs is 1. The molecule has 0 aromatic carbocycles. The van der Waals surface area contributed by atoms with Crippen LogP contribution in [-0.2, 0) is 11.4 Å². The number of hydrogen-bond acceptors (Lipinski definition) is 6. The van der Waals surface area contributed by atoms with E-state index in [9.17, 15) is 9.90 Å². The van der Waals surface area contributed by atoms with Crippen LogP contribution in [0.2, 0.25) is 0 Å². The highest BCUT2D eigenvalue weighted by atomic mass is 32.1. The lowest BCUT2D eigenvalue weighted by atomic mass is 9.68. The Kier molecular flexibility index (Phi) is 3.90. The number of carboxylic acid groups (broad SMARTS) is 1. The predicted molar refractivity (Wildman–Crippen MR) is 80.6 cm³/mol. The van der Waals surface area contributed by atoms with Crippen molar-refractivity contribution >= 4 is 22.4 Å². The van der Waals surface area contributed by atoms with Gasteiger partial charge in [0.25, 0.3) is 0 Å². The second-order valence-corrected chi connectivity index (χ2v) is 6.87. The van der Waals surface area contributed by atoms with E-state index in [2.05, 4.69) is 14.8 Å². The molecule has 116 valence electrons. The van der Waals surface area contributed by atoms with Crippen molar-refractivity contribution in [1.82, 2.24) is 9.88 Å². The zero-order valence-corrected chi connectivity index (χ0v) is 13.0. The first-order valence-corrected chi connectivity index (χ1v) is 8.18. The van der Waals surface area contributed by atoms with Gasteiger partial charge in [-0.3, -0.25) is 4.79 Å². The molecule has 0 unspecified atom stereocenters. The smallest absolute Gasteiger partial charge is 0.311 e. The minimum absolute atomic E-state index is 0.0268. The summed E-state index contributed by atoms with van der Waals surface area (Å²) in [6.45, 7) is 2.32. The molecule has 0 aliphatic carbocycles. The van der Waals surface area contributed by atoms with E-state index in [1.165, 1.54) is 11.3 Å². The quantitative estimate of drug-likeness (QED) is 0.867. The van der Waals surface area contributed by atoms with Crippen LogP contribution in [0, 0.1) is 5.41 Å². The summed E-state index contributed by atoms with van der Waals surface area (Å²) < 4.78 is 0. The van der Waals surface area contributed by atoms with Crippen molar-refractivity contribution < 1.29 is 15.0 Å². The lowest BCUT2D eigenvalue weighted by molar-refractivity contribution is -0.158. The summed E-state index contributed by atoms with van der Waals surface area (Å²) in [5.74, 6) is -0.658. The summed E-state index contributed by atoms with van der Waals surface area (Å²) in [5, 5.41) is 21.6. The second kappa shape index (κ2) is 5.55. The number of likely N-dealkylation sites (tertiary alicyclic amines) is 1. The van der Waals surface area contributed by atoms with Gasteiger partial charge in [0.05, 0.1) is 17.7 Å². The molecule has 2 aliphatic rings. The molecule has 0 saturated carbocycles. The average Bonchev–Trinajstić information content (AvgIpc) is 2.96. The van der Waals surface area contributed by atoms with Crippen LogP contribution in [-0.4, -0.2) is 58.8 Å². The highest BCUT2D eigenvalue weighted by Crippen LogP contribution is 2.43. The Morgan fingerprint density at radius 1 is 1.52 bits per heavy atom. The molecule has 2 aliphatic heterocycles. The number of hydrogen-bond donors (Lipinski definition) is 2. The average molecular weight is 311 g/mol. The summed E-state index contributed by atoms with van der Waals surface area (Å²) >= 11 is 1.52. The van der Waals surface area contributed by atoms with Crippen LogP contribution in [0.3, 0.4) is 0 Å². The third-order valence-corrected chi connectivity index (χ3v) is 5.87. The number of aromatic nitrogens is 1. The van der Waals surface area contributed by atoms with Crippen molar-refractivity contribution in [2.75, 3.05) is 31.6 Å². The van der Waals surface area contributed by atoms with E-state index >= 15 is 0 Å². The van der Waals surface area contributed by atoms with Crippen molar-refractivity contribution in [3.63, 3.8) is 0 Å². The van der Waals surface area contributed by atoms with Gasteiger partial charge in [-0.15, -0.1) is 11.3 Å². The maximum atomic E-state index is 11.9. The van der Waals surface area contributed by atoms with Gasteiger partial charge in [-0.2, -0.15) is 0 Å². The molecule has 0 radical (unpaired) electrons. The van der Waals surface area contributed by atoms with Gasteiger partial charge in [-0.25, -0.2) is 4.98 Å². The SMILES string of the molecule is CN1CCC[C@]2(C(=O)O)CCN(c3nc(CO)cs3)C[C@@H]12. The van der Waals surface area contributed by atoms with Crippen LogP contribution < -0.4 is 4.90 Å². The number of likely N-dealkylation sites (N-methyl/N-ethyl adjacent to an activating group) is 1. The van der Waals surface area contributed by atoms with Crippen LogP contribution in [0.5, 0.6) is 0 Å². The number of thiazole rings is 1. The standard InChI is InChI=1S/C14H21N3O3S/c1-16-5-2-3-14(12(19)20)4-6-17(7-11(14)16)13-15-10(8-18)9-21-13/h9,11,18H,2-8H2,1H3,(H,19,20)/t11-,14+/m1/s1. The van der Waals surface area contributed by atoms with Gasteiger partial charge in [0.1, 0.15) is 0 Å². The van der Waals surface area contributed by atoms with Gasteiger partial charge in [0.2, 0.25) is 0 Å². The number of aliphatic carboxylic acids is 1. The molecule has 2 atom stereocenters. The first-order chi connectivity index (χ1) is 10.1. The van der Waals surface area contributed by atoms with E-state index in [0.717, 1.165) is 31.1 Å². The van der Waals surface area contributed by atoms with Crippen molar-refractivity contribution in [3.8, 4) is 0 Å². The first kappa shape index (κ1) is 14.7. The van der Waals surface area contributed by atoms with Gasteiger partial charge < -0.3 is 20.0 Å². The molecule has 0 spiro atoms. The molecule has 21 heavy (non-hydrogen) atoms.